The Bertz CT molecular complexity index is 702. The van der Waals surface area contributed by atoms with Gasteiger partial charge in [-0.05, 0) is 56.3 Å². The summed E-state index contributed by atoms with van der Waals surface area (Å²) in [6.45, 7) is 5.34. The molecule has 1 aromatic carbocycles. The van der Waals surface area contributed by atoms with Gasteiger partial charge in [0, 0.05) is 20.1 Å². The lowest BCUT2D eigenvalue weighted by molar-refractivity contribution is -0.148. The van der Waals surface area contributed by atoms with E-state index in [-0.39, 0.29) is 6.10 Å². The van der Waals surface area contributed by atoms with Gasteiger partial charge in [0.2, 0.25) is 0 Å². The maximum Gasteiger partial charge on any atom is 0.401 e. The van der Waals surface area contributed by atoms with Crippen LogP contribution in [0.3, 0.4) is 0 Å². The van der Waals surface area contributed by atoms with Crippen molar-refractivity contribution in [3.8, 4) is 0 Å². The highest BCUT2D eigenvalue weighted by Gasteiger charge is 2.32. The highest BCUT2D eigenvalue weighted by Crippen LogP contribution is 2.26. The molecule has 1 aromatic rings. The molecule has 1 atom stereocenters. The minimum atomic E-state index is -4.10. The van der Waals surface area contributed by atoms with Crippen LogP contribution in [0.1, 0.15) is 36.5 Å². The summed E-state index contributed by atoms with van der Waals surface area (Å²) in [6, 6.07) is 8.29. The van der Waals surface area contributed by atoms with Crippen molar-refractivity contribution in [1.29, 1.82) is 0 Å². The van der Waals surface area contributed by atoms with Crippen molar-refractivity contribution in [3.63, 3.8) is 0 Å². The number of nitrogens with zero attached hydrogens (tertiary/aromatic N) is 3. The van der Waals surface area contributed by atoms with E-state index in [9.17, 15) is 13.2 Å². The van der Waals surface area contributed by atoms with Crippen molar-refractivity contribution in [2.75, 3.05) is 52.9 Å². The topological polar surface area (TPSA) is 40.1 Å². The molecular formula is C22H33F3N4O. The Hall–Kier alpha value is -1.80. The zero-order valence-electron chi connectivity index (χ0n) is 17.9. The molecule has 2 aliphatic heterocycles. The molecule has 0 amide bonds. The Balaban J connectivity index is 1.43. The van der Waals surface area contributed by atoms with E-state index in [2.05, 4.69) is 34.3 Å². The lowest BCUT2D eigenvalue weighted by atomic mass is 9.93. The minimum Gasteiger partial charge on any atom is -0.370 e. The first kappa shape index (κ1) is 22.9. The van der Waals surface area contributed by atoms with Crippen molar-refractivity contribution in [3.05, 3.63) is 35.4 Å². The molecule has 3 rings (SSSR count). The summed E-state index contributed by atoms with van der Waals surface area (Å²) in [7, 11) is 1.79. The average Bonchev–Trinajstić information content (AvgIpc) is 2.72. The van der Waals surface area contributed by atoms with Crippen LogP contribution in [0.4, 0.5) is 13.2 Å². The van der Waals surface area contributed by atoms with E-state index in [1.807, 2.05) is 12.1 Å². The molecule has 168 valence electrons. The van der Waals surface area contributed by atoms with E-state index in [4.69, 9.17) is 4.74 Å². The van der Waals surface area contributed by atoms with Gasteiger partial charge < -0.3 is 15.0 Å². The Labute approximate surface area is 177 Å². The Morgan fingerprint density at radius 3 is 2.60 bits per heavy atom. The van der Waals surface area contributed by atoms with E-state index in [1.165, 1.54) is 16.0 Å². The number of alkyl halides is 3. The smallest absolute Gasteiger partial charge is 0.370 e. The van der Waals surface area contributed by atoms with Crippen molar-refractivity contribution in [2.24, 2.45) is 10.9 Å². The summed E-state index contributed by atoms with van der Waals surface area (Å²) in [5.74, 6) is 1.33. The predicted molar refractivity (Wildman–Crippen MR) is 113 cm³/mol. The number of halogens is 3. The molecule has 5 nitrogen and oxygen atoms in total. The Kier molecular flexibility index (Phi) is 7.99. The molecule has 0 spiro atoms. The van der Waals surface area contributed by atoms with E-state index >= 15 is 0 Å². The van der Waals surface area contributed by atoms with E-state index in [0.29, 0.717) is 25.6 Å². The van der Waals surface area contributed by atoms with Gasteiger partial charge in [-0.15, -0.1) is 0 Å². The Morgan fingerprint density at radius 1 is 1.20 bits per heavy atom. The molecule has 0 saturated carbocycles. The average molecular weight is 427 g/mol. The summed E-state index contributed by atoms with van der Waals surface area (Å²) >= 11 is 0. The summed E-state index contributed by atoms with van der Waals surface area (Å²) in [5.41, 5.74) is 2.44. The lowest BCUT2D eigenvalue weighted by Gasteiger charge is -2.36. The molecule has 1 unspecified atom stereocenters. The van der Waals surface area contributed by atoms with Crippen molar-refractivity contribution >= 4 is 5.96 Å². The van der Waals surface area contributed by atoms with Crippen LogP contribution >= 0.6 is 0 Å². The van der Waals surface area contributed by atoms with Gasteiger partial charge in [0.1, 0.15) is 6.10 Å². The molecule has 0 aromatic heterocycles. The summed E-state index contributed by atoms with van der Waals surface area (Å²) < 4.78 is 43.6. The number of benzene rings is 1. The number of likely N-dealkylation sites (tertiary alicyclic amines) is 1. The standard InChI is InChI=1S/C22H33F3N4O/c1-17-5-3-4-6-19(17)20-15-29(13-14-30-20)21(26-2)27-10-7-18-8-11-28(12-9-18)16-22(23,24)25/h3-6,18,20H,7-16H2,1-2H3,(H,26,27). The van der Waals surface area contributed by atoms with Crippen molar-refractivity contribution in [2.45, 2.75) is 38.5 Å². The number of nitrogens with one attached hydrogen (secondary N) is 1. The van der Waals surface area contributed by atoms with E-state index in [0.717, 1.165) is 44.9 Å². The Morgan fingerprint density at radius 2 is 1.93 bits per heavy atom. The summed E-state index contributed by atoms with van der Waals surface area (Å²) in [4.78, 5) is 8.18. The van der Waals surface area contributed by atoms with Crippen LogP contribution in [0, 0.1) is 12.8 Å². The fourth-order valence-corrected chi connectivity index (χ4v) is 4.39. The minimum absolute atomic E-state index is 0.0245. The molecule has 2 fully saturated rings. The summed E-state index contributed by atoms with van der Waals surface area (Å²) in [6.07, 6.45) is -1.48. The molecule has 1 N–H and O–H groups in total. The van der Waals surface area contributed by atoms with Gasteiger partial charge >= 0.3 is 6.18 Å². The highest BCUT2D eigenvalue weighted by molar-refractivity contribution is 5.80. The zero-order valence-corrected chi connectivity index (χ0v) is 17.9. The van der Waals surface area contributed by atoms with Gasteiger partial charge in [0.05, 0.1) is 19.7 Å². The molecular weight excluding hydrogens is 393 g/mol. The highest BCUT2D eigenvalue weighted by atomic mass is 19.4. The van der Waals surface area contributed by atoms with Gasteiger partial charge in [-0.1, -0.05) is 24.3 Å². The van der Waals surface area contributed by atoms with Crippen LogP contribution in [0.15, 0.2) is 29.3 Å². The first-order valence-corrected chi connectivity index (χ1v) is 10.8. The third-order valence-corrected chi connectivity index (χ3v) is 6.06. The fraction of sp³-hybridized carbons (Fsp3) is 0.682. The molecule has 0 radical (unpaired) electrons. The van der Waals surface area contributed by atoms with Crippen molar-refractivity contribution in [1.82, 2.24) is 15.1 Å². The molecule has 2 heterocycles. The monoisotopic (exact) mass is 426 g/mol. The lowest BCUT2D eigenvalue weighted by Crippen LogP contribution is -2.48. The van der Waals surface area contributed by atoms with Crippen LogP contribution in [0.2, 0.25) is 0 Å². The van der Waals surface area contributed by atoms with Crippen LogP contribution in [0.25, 0.3) is 0 Å². The van der Waals surface area contributed by atoms with Crippen LogP contribution in [-0.4, -0.2) is 74.9 Å². The number of hydrogen-bond donors (Lipinski definition) is 1. The third-order valence-electron chi connectivity index (χ3n) is 6.06. The van der Waals surface area contributed by atoms with Gasteiger partial charge in [-0.25, -0.2) is 0 Å². The molecule has 2 aliphatic rings. The predicted octanol–water partition coefficient (Wildman–Crippen LogP) is 3.61. The number of piperidine rings is 1. The number of aliphatic imine (C=N–C) groups is 1. The molecule has 2 saturated heterocycles. The second-order valence-corrected chi connectivity index (χ2v) is 8.26. The first-order valence-electron chi connectivity index (χ1n) is 10.8. The SMILES string of the molecule is CN=C(NCCC1CCN(CC(F)(F)F)CC1)N1CCOC(c2ccccc2C)C1. The number of morpholine rings is 1. The third kappa shape index (κ3) is 6.60. The van der Waals surface area contributed by atoms with E-state index < -0.39 is 12.7 Å². The number of hydrogen-bond acceptors (Lipinski definition) is 3. The normalized spacial score (nSPS) is 22.4. The zero-order chi connectivity index (χ0) is 21.6. The quantitative estimate of drug-likeness (QED) is 0.577. The molecule has 30 heavy (non-hydrogen) atoms. The van der Waals surface area contributed by atoms with Crippen LogP contribution < -0.4 is 5.32 Å². The number of ether oxygens (including phenoxy) is 1. The number of aryl methyl sites for hydroxylation is 1. The maximum absolute atomic E-state index is 12.5. The van der Waals surface area contributed by atoms with Gasteiger partial charge in [-0.3, -0.25) is 9.89 Å². The van der Waals surface area contributed by atoms with Gasteiger partial charge in [0.25, 0.3) is 0 Å². The molecule has 0 aliphatic carbocycles. The van der Waals surface area contributed by atoms with Crippen LogP contribution in [0.5, 0.6) is 0 Å². The van der Waals surface area contributed by atoms with E-state index in [1.54, 1.807) is 7.05 Å². The second kappa shape index (κ2) is 10.5. The van der Waals surface area contributed by atoms with Crippen LogP contribution in [-0.2, 0) is 4.74 Å². The maximum atomic E-state index is 12.5. The fourth-order valence-electron chi connectivity index (χ4n) is 4.39. The van der Waals surface area contributed by atoms with Crippen molar-refractivity contribution < 1.29 is 17.9 Å². The number of guanidine groups is 1. The number of rotatable bonds is 5. The first-order chi connectivity index (χ1) is 14.4. The second-order valence-electron chi connectivity index (χ2n) is 8.26. The molecule has 0 bridgehead atoms. The summed E-state index contributed by atoms with van der Waals surface area (Å²) in [5, 5.41) is 3.45. The van der Waals surface area contributed by atoms with Gasteiger partial charge in [-0.2, -0.15) is 13.2 Å². The molecule has 8 heteroatoms. The van der Waals surface area contributed by atoms with Gasteiger partial charge in [0.15, 0.2) is 5.96 Å². The largest absolute Gasteiger partial charge is 0.401 e.